The van der Waals surface area contributed by atoms with Gasteiger partial charge in [-0.25, -0.2) is 8.42 Å². The minimum absolute atomic E-state index is 0.0584. The highest BCUT2D eigenvalue weighted by molar-refractivity contribution is 7.92. The quantitative estimate of drug-likeness (QED) is 0.739. The molecule has 5 nitrogen and oxygen atoms in total. The highest BCUT2D eigenvalue weighted by atomic mass is 32.2. The summed E-state index contributed by atoms with van der Waals surface area (Å²) in [5.74, 6) is -0.219. The lowest BCUT2D eigenvalue weighted by molar-refractivity contribution is -0.111. The minimum atomic E-state index is -3.38. The maximum Gasteiger partial charge on any atom is 0.248 e. The number of nitrogens with one attached hydrogen (secondary N) is 2. The SMILES string of the molecule is CCCS(=O)(=O)Nc1cccc(NC(=O)C=Cc2ccccc2)c1C. The molecule has 0 saturated heterocycles. The van der Waals surface area contributed by atoms with Gasteiger partial charge in [-0.3, -0.25) is 9.52 Å². The van der Waals surface area contributed by atoms with E-state index in [1.165, 1.54) is 6.08 Å². The maximum atomic E-state index is 12.1. The van der Waals surface area contributed by atoms with Crippen LogP contribution in [-0.4, -0.2) is 20.1 Å². The predicted octanol–water partition coefficient (Wildman–Crippen LogP) is 3.80. The first kappa shape index (κ1) is 18.7. The molecule has 132 valence electrons. The standard InChI is InChI=1S/C19H22N2O3S/c1-3-14-25(23,24)21-18-11-7-10-17(15(18)2)20-19(22)13-12-16-8-5-4-6-9-16/h4-13,21H,3,14H2,1-2H3,(H,20,22). The molecule has 0 aliphatic carbocycles. The molecule has 0 spiro atoms. The van der Waals surface area contributed by atoms with E-state index in [2.05, 4.69) is 10.0 Å². The van der Waals surface area contributed by atoms with Crippen LogP contribution in [0.3, 0.4) is 0 Å². The van der Waals surface area contributed by atoms with Crippen molar-refractivity contribution in [1.82, 2.24) is 0 Å². The average molecular weight is 358 g/mol. The molecule has 2 N–H and O–H groups in total. The lowest BCUT2D eigenvalue weighted by Crippen LogP contribution is -2.17. The van der Waals surface area contributed by atoms with E-state index < -0.39 is 10.0 Å². The summed E-state index contributed by atoms with van der Waals surface area (Å²) >= 11 is 0. The van der Waals surface area contributed by atoms with Crippen molar-refractivity contribution in [3.63, 3.8) is 0 Å². The van der Waals surface area contributed by atoms with Crippen molar-refractivity contribution in [3.8, 4) is 0 Å². The molecule has 0 fully saturated rings. The Bertz CT molecular complexity index is 859. The second-order valence-corrected chi connectivity index (χ2v) is 7.47. The second kappa shape index (κ2) is 8.48. The Balaban J connectivity index is 2.11. The molecule has 0 radical (unpaired) electrons. The molecule has 0 bridgehead atoms. The van der Waals surface area contributed by atoms with Crippen molar-refractivity contribution in [2.24, 2.45) is 0 Å². The van der Waals surface area contributed by atoms with Crippen molar-refractivity contribution in [2.45, 2.75) is 20.3 Å². The third-order valence-corrected chi connectivity index (χ3v) is 5.03. The van der Waals surface area contributed by atoms with E-state index in [9.17, 15) is 13.2 Å². The van der Waals surface area contributed by atoms with Crippen LogP contribution >= 0.6 is 0 Å². The smallest absolute Gasteiger partial charge is 0.248 e. The fourth-order valence-electron chi connectivity index (χ4n) is 2.28. The van der Waals surface area contributed by atoms with Crippen LogP contribution in [0.1, 0.15) is 24.5 Å². The van der Waals surface area contributed by atoms with Gasteiger partial charge in [0.2, 0.25) is 15.9 Å². The number of benzene rings is 2. The summed E-state index contributed by atoms with van der Waals surface area (Å²) in [6.07, 6.45) is 3.70. The highest BCUT2D eigenvalue weighted by Crippen LogP contribution is 2.24. The zero-order valence-electron chi connectivity index (χ0n) is 14.3. The fourth-order valence-corrected chi connectivity index (χ4v) is 3.48. The van der Waals surface area contributed by atoms with E-state index in [1.807, 2.05) is 37.3 Å². The van der Waals surface area contributed by atoms with Crippen LogP contribution in [0.5, 0.6) is 0 Å². The first-order valence-electron chi connectivity index (χ1n) is 8.05. The number of carbonyl (C=O) groups is 1. The van der Waals surface area contributed by atoms with Gasteiger partial charge in [-0.05, 0) is 42.7 Å². The second-order valence-electron chi connectivity index (χ2n) is 5.63. The molecule has 0 aliphatic heterocycles. The van der Waals surface area contributed by atoms with E-state index in [0.717, 1.165) is 5.56 Å². The van der Waals surface area contributed by atoms with E-state index >= 15 is 0 Å². The van der Waals surface area contributed by atoms with Crippen LogP contribution in [0.2, 0.25) is 0 Å². The summed E-state index contributed by atoms with van der Waals surface area (Å²) in [4.78, 5) is 12.1. The Labute approximate surface area is 148 Å². The van der Waals surface area contributed by atoms with Crippen molar-refractivity contribution >= 4 is 33.4 Å². The van der Waals surface area contributed by atoms with Gasteiger partial charge in [-0.1, -0.05) is 43.3 Å². The summed E-state index contributed by atoms with van der Waals surface area (Å²) in [7, 11) is -3.38. The molecule has 2 aromatic carbocycles. The van der Waals surface area contributed by atoms with Gasteiger partial charge in [-0.15, -0.1) is 0 Å². The maximum absolute atomic E-state index is 12.1. The van der Waals surface area contributed by atoms with Gasteiger partial charge in [-0.2, -0.15) is 0 Å². The van der Waals surface area contributed by atoms with Gasteiger partial charge < -0.3 is 5.32 Å². The van der Waals surface area contributed by atoms with Gasteiger partial charge in [0.15, 0.2) is 0 Å². The summed E-state index contributed by atoms with van der Waals surface area (Å²) in [6.45, 7) is 3.57. The van der Waals surface area contributed by atoms with Crippen molar-refractivity contribution in [3.05, 3.63) is 65.7 Å². The zero-order chi connectivity index (χ0) is 18.3. The number of rotatable bonds is 7. The topological polar surface area (TPSA) is 75.3 Å². The molecule has 2 rings (SSSR count). The number of hydrogen-bond donors (Lipinski definition) is 2. The number of hydrogen-bond acceptors (Lipinski definition) is 3. The Kier molecular flexibility index (Phi) is 6.36. The van der Waals surface area contributed by atoms with E-state index in [1.54, 1.807) is 31.2 Å². The van der Waals surface area contributed by atoms with Gasteiger partial charge in [0.05, 0.1) is 11.4 Å². The lowest BCUT2D eigenvalue weighted by atomic mass is 10.1. The Hall–Kier alpha value is -2.60. The van der Waals surface area contributed by atoms with Gasteiger partial charge >= 0.3 is 0 Å². The molecule has 6 heteroatoms. The summed E-state index contributed by atoms with van der Waals surface area (Å²) in [6, 6.07) is 14.6. The normalized spacial score (nSPS) is 11.4. The number of anilines is 2. The first-order valence-corrected chi connectivity index (χ1v) is 9.71. The third-order valence-electron chi connectivity index (χ3n) is 3.56. The minimum Gasteiger partial charge on any atom is -0.322 e. The number of carbonyl (C=O) groups excluding carboxylic acids is 1. The van der Waals surface area contributed by atoms with Crippen molar-refractivity contribution < 1.29 is 13.2 Å². The molecular formula is C19H22N2O3S. The van der Waals surface area contributed by atoms with Crippen LogP contribution in [0.15, 0.2) is 54.6 Å². The zero-order valence-corrected chi connectivity index (χ0v) is 15.1. The molecule has 0 aromatic heterocycles. The highest BCUT2D eigenvalue weighted by Gasteiger charge is 2.12. The molecule has 0 aliphatic rings. The number of amides is 1. The van der Waals surface area contributed by atoms with Crippen LogP contribution < -0.4 is 10.0 Å². The van der Waals surface area contributed by atoms with Gasteiger partial charge in [0, 0.05) is 11.8 Å². The molecule has 0 atom stereocenters. The van der Waals surface area contributed by atoms with Crippen LogP contribution in [0.25, 0.3) is 6.08 Å². The number of sulfonamides is 1. The average Bonchev–Trinajstić information content (AvgIpc) is 2.57. The Morgan fingerprint density at radius 3 is 2.40 bits per heavy atom. The fraction of sp³-hybridized carbons (Fsp3) is 0.211. The van der Waals surface area contributed by atoms with Crippen LogP contribution in [0, 0.1) is 6.92 Å². The Morgan fingerprint density at radius 2 is 1.72 bits per heavy atom. The molecule has 2 aromatic rings. The largest absolute Gasteiger partial charge is 0.322 e. The van der Waals surface area contributed by atoms with Crippen LogP contribution in [-0.2, 0) is 14.8 Å². The third kappa shape index (κ3) is 5.76. The van der Waals surface area contributed by atoms with Crippen molar-refractivity contribution in [1.29, 1.82) is 0 Å². The van der Waals surface area contributed by atoms with Gasteiger partial charge in [0.1, 0.15) is 0 Å². The molecule has 25 heavy (non-hydrogen) atoms. The molecule has 0 saturated carbocycles. The summed E-state index contributed by atoms with van der Waals surface area (Å²) < 4.78 is 26.4. The molecular weight excluding hydrogens is 336 g/mol. The Morgan fingerprint density at radius 1 is 1.04 bits per heavy atom. The summed E-state index contributed by atoms with van der Waals surface area (Å²) in [5.41, 5.74) is 2.64. The first-order chi connectivity index (χ1) is 11.9. The van der Waals surface area contributed by atoms with E-state index in [0.29, 0.717) is 23.4 Å². The molecule has 0 unspecified atom stereocenters. The van der Waals surface area contributed by atoms with E-state index in [4.69, 9.17) is 0 Å². The van der Waals surface area contributed by atoms with Gasteiger partial charge in [0.25, 0.3) is 0 Å². The molecule has 1 amide bonds. The monoisotopic (exact) mass is 358 g/mol. The summed E-state index contributed by atoms with van der Waals surface area (Å²) in [5, 5.41) is 2.78. The molecule has 0 heterocycles. The van der Waals surface area contributed by atoms with E-state index in [-0.39, 0.29) is 11.7 Å². The lowest BCUT2D eigenvalue weighted by Gasteiger charge is -2.13. The van der Waals surface area contributed by atoms with Crippen molar-refractivity contribution in [2.75, 3.05) is 15.8 Å². The van der Waals surface area contributed by atoms with Crippen LogP contribution in [0.4, 0.5) is 11.4 Å². The predicted molar refractivity (Wildman–Crippen MR) is 103 cm³/mol.